The van der Waals surface area contributed by atoms with Crippen molar-refractivity contribution in [1.82, 2.24) is 18.7 Å². The Morgan fingerprint density at radius 1 is 1.15 bits per heavy atom. The zero-order valence-corrected chi connectivity index (χ0v) is 13.3. The first-order valence-electron chi connectivity index (χ1n) is 5.42. The molecule has 0 saturated carbocycles. The van der Waals surface area contributed by atoms with Crippen molar-refractivity contribution < 1.29 is 16.8 Å². The van der Waals surface area contributed by atoms with E-state index in [2.05, 4.69) is 14.4 Å². The molecule has 1 aromatic rings. The van der Waals surface area contributed by atoms with Crippen molar-refractivity contribution in [2.45, 2.75) is 4.90 Å². The van der Waals surface area contributed by atoms with Crippen molar-refractivity contribution in [3.63, 3.8) is 0 Å². The van der Waals surface area contributed by atoms with Gasteiger partial charge in [0.2, 0.25) is 10.0 Å². The van der Waals surface area contributed by atoms with Crippen molar-refractivity contribution in [3.05, 3.63) is 23.5 Å². The lowest BCUT2D eigenvalue weighted by Crippen LogP contribution is -2.40. The molecule has 1 heterocycles. The number of hydrogen-bond acceptors (Lipinski definition) is 5. The molecule has 0 amide bonds. The number of rotatable bonds is 7. The Bertz CT molecular complexity index is 660. The summed E-state index contributed by atoms with van der Waals surface area (Å²) in [6.07, 6.45) is 2.46. The quantitative estimate of drug-likeness (QED) is 0.644. The summed E-state index contributed by atoms with van der Waals surface area (Å²) in [5.74, 6) is 0. The van der Waals surface area contributed by atoms with Gasteiger partial charge in [-0.2, -0.15) is 12.7 Å². The summed E-state index contributed by atoms with van der Waals surface area (Å²) in [5.41, 5.74) is 0. The van der Waals surface area contributed by atoms with Crippen LogP contribution in [0.4, 0.5) is 0 Å². The molecule has 0 aliphatic carbocycles. The van der Waals surface area contributed by atoms with E-state index in [1.165, 1.54) is 26.4 Å². The van der Waals surface area contributed by atoms with E-state index in [0.717, 1.165) is 10.5 Å². The van der Waals surface area contributed by atoms with Gasteiger partial charge < -0.3 is 0 Å². The van der Waals surface area contributed by atoms with E-state index in [0.29, 0.717) is 0 Å². The van der Waals surface area contributed by atoms with Crippen molar-refractivity contribution in [3.8, 4) is 0 Å². The molecule has 0 aliphatic heterocycles. The molecule has 2 N–H and O–H groups in total. The van der Waals surface area contributed by atoms with Crippen LogP contribution in [0.1, 0.15) is 0 Å². The normalized spacial score (nSPS) is 12.8. The van der Waals surface area contributed by atoms with Gasteiger partial charge in [-0.05, 0) is 6.07 Å². The van der Waals surface area contributed by atoms with Crippen LogP contribution in [0.5, 0.6) is 0 Å². The van der Waals surface area contributed by atoms with Gasteiger partial charge in [0.1, 0.15) is 4.90 Å². The highest BCUT2D eigenvalue weighted by molar-refractivity contribution is 7.89. The molecule has 0 aliphatic rings. The first-order valence-corrected chi connectivity index (χ1v) is 8.72. The van der Waals surface area contributed by atoms with Crippen LogP contribution >= 0.6 is 11.6 Å². The van der Waals surface area contributed by atoms with Crippen LogP contribution in [-0.2, 0) is 20.2 Å². The van der Waals surface area contributed by atoms with Gasteiger partial charge in [-0.15, -0.1) is 0 Å². The van der Waals surface area contributed by atoms with Crippen LogP contribution in [0, 0.1) is 0 Å². The third-order valence-electron chi connectivity index (χ3n) is 2.17. The average molecular weight is 343 g/mol. The van der Waals surface area contributed by atoms with Crippen LogP contribution in [0.25, 0.3) is 0 Å². The molecule has 11 heteroatoms. The second kappa shape index (κ2) is 6.78. The monoisotopic (exact) mass is 342 g/mol. The number of nitrogens with one attached hydrogen (secondary N) is 2. The predicted molar refractivity (Wildman–Crippen MR) is 75.0 cm³/mol. The minimum atomic E-state index is -3.77. The average Bonchev–Trinajstić information content (AvgIpc) is 2.34. The van der Waals surface area contributed by atoms with Crippen LogP contribution in [0.2, 0.25) is 5.02 Å². The molecule has 20 heavy (non-hydrogen) atoms. The van der Waals surface area contributed by atoms with Crippen LogP contribution in [0.3, 0.4) is 0 Å². The summed E-state index contributed by atoms with van der Waals surface area (Å²) in [5, 5.41) is 0.196. The summed E-state index contributed by atoms with van der Waals surface area (Å²) in [7, 11) is -4.61. The number of nitrogens with zero attached hydrogens (tertiary/aromatic N) is 2. The van der Waals surface area contributed by atoms with Gasteiger partial charge in [0.15, 0.2) is 0 Å². The van der Waals surface area contributed by atoms with Gasteiger partial charge in [-0.25, -0.2) is 17.9 Å². The van der Waals surface area contributed by atoms with E-state index < -0.39 is 20.2 Å². The maximum Gasteiger partial charge on any atom is 0.278 e. The lowest BCUT2D eigenvalue weighted by molar-refractivity contribution is 0.505. The fourth-order valence-corrected chi connectivity index (χ4v) is 2.99. The summed E-state index contributed by atoms with van der Waals surface area (Å²) < 4.78 is 51.9. The molecular weight excluding hydrogens is 328 g/mol. The van der Waals surface area contributed by atoms with Crippen LogP contribution in [0.15, 0.2) is 23.4 Å². The van der Waals surface area contributed by atoms with Gasteiger partial charge in [0, 0.05) is 39.6 Å². The molecule has 0 radical (unpaired) electrons. The van der Waals surface area contributed by atoms with Crippen molar-refractivity contribution >= 4 is 31.8 Å². The molecule has 1 rings (SSSR count). The summed E-state index contributed by atoms with van der Waals surface area (Å²) in [4.78, 5) is 3.59. The van der Waals surface area contributed by atoms with E-state index in [-0.39, 0.29) is 23.0 Å². The Morgan fingerprint density at radius 2 is 1.75 bits per heavy atom. The lowest BCUT2D eigenvalue weighted by atomic mass is 10.5. The largest absolute Gasteiger partial charge is 0.278 e. The fraction of sp³-hybridized carbons (Fsp3) is 0.444. The Morgan fingerprint density at radius 3 is 2.30 bits per heavy atom. The topological polar surface area (TPSA) is 108 Å². The lowest BCUT2D eigenvalue weighted by Gasteiger charge is -2.12. The molecule has 0 bridgehead atoms. The SMILES string of the molecule is CN(C)S(=O)(=O)NCCNS(=O)(=O)c1cncc(Cl)c1. The molecule has 8 nitrogen and oxygen atoms in total. The minimum absolute atomic E-state index is 0.0757. The van der Waals surface area contributed by atoms with Crippen molar-refractivity contribution in [2.75, 3.05) is 27.2 Å². The summed E-state index contributed by atoms with van der Waals surface area (Å²) in [6, 6.07) is 1.25. The fourth-order valence-electron chi connectivity index (χ4n) is 1.12. The second-order valence-electron chi connectivity index (χ2n) is 3.92. The Kier molecular flexibility index (Phi) is 5.86. The zero-order chi connectivity index (χ0) is 15.4. The maximum absolute atomic E-state index is 11.8. The Hall–Kier alpha value is -0.780. The molecule has 0 unspecified atom stereocenters. The van der Waals surface area contributed by atoms with Crippen LogP contribution < -0.4 is 9.44 Å². The van der Waals surface area contributed by atoms with Gasteiger partial charge in [-0.3, -0.25) is 4.98 Å². The van der Waals surface area contributed by atoms with Gasteiger partial charge in [-0.1, -0.05) is 11.6 Å². The number of halogens is 1. The minimum Gasteiger partial charge on any atom is -0.262 e. The first kappa shape index (κ1) is 17.3. The Labute approximate surface area is 123 Å². The molecule has 1 aromatic heterocycles. The van der Waals surface area contributed by atoms with E-state index in [1.54, 1.807) is 0 Å². The molecule has 114 valence electrons. The van der Waals surface area contributed by atoms with Crippen molar-refractivity contribution in [2.24, 2.45) is 0 Å². The maximum atomic E-state index is 11.8. The summed E-state index contributed by atoms with van der Waals surface area (Å²) in [6.45, 7) is -0.171. The molecule has 0 spiro atoms. The van der Waals surface area contributed by atoms with Gasteiger partial charge in [0.05, 0.1) is 5.02 Å². The highest BCUT2D eigenvalue weighted by Crippen LogP contribution is 2.12. The summed E-state index contributed by atoms with van der Waals surface area (Å²) >= 11 is 5.66. The molecule has 0 saturated heterocycles. The number of pyridine rings is 1. The molecule has 0 atom stereocenters. The van der Waals surface area contributed by atoms with E-state index in [1.807, 2.05) is 0 Å². The first-order chi connectivity index (χ1) is 9.15. The van der Waals surface area contributed by atoms with E-state index in [4.69, 9.17) is 11.6 Å². The number of hydrogen-bond donors (Lipinski definition) is 2. The van der Waals surface area contributed by atoms with Gasteiger partial charge in [0.25, 0.3) is 10.2 Å². The Balaban J connectivity index is 2.58. The third-order valence-corrected chi connectivity index (χ3v) is 5.34. The van der Waals surface area contributed by atoms with Gasteiger partial charge >= 0.3 is 0 Å². The van der Waals surface area contributed by atoms with Crippen molar-refractivity contribution in [1.29, 1.82) is 0 Å². The van der Waals surface area contributed by atoms with Crippen LogP contribution in [-0.4, -0.2) is 53.3 Å². The standard InChI is InChI=1S/C9H15ClN4O4S2/c1-14(2)20(17,18)13-4-3-12-19(15,16)9-5-8(10)6-11-7-9/h5-7,12-13H,3-4H2,1-2H3. The third kappa shape index (κ3) is 4.96. The molecule has 0 fully saturated rings. The zero-order valence-electron chi connectivity index (χ0n) is 10.9. The molecular formula is C9H15ClN4O4S2. The van der Waals surface area contributed by atoms with E-state index >= 15 is 0 Å². The highest BCUT2D eigenvalue weighted by Gasteiger charge is 2.16. The molecule has 0 aromatic carbocycles. The van der Waals surface area contributed by atoms with E-state index in [9.17, 15) is 16.8 Å². The second-order valence-corrected chi connectivity index (χ2v) is 8.09. The smallest absolute Gasteiger partial charge is 0.262 e. The number of sulfonamides is 1. The highest BCUT2D eigenvalue weighted by atomic mass is 35.5. The predicted octanol–water partition coefficient (Wildman–Crippen LogP) is -0.591. The number of aromatic nitrogens is 1.